The van der Waals surface area contributed by atoms with Crippen molar-refractivity contribution in [3.05, 3.63) is 66.4 Å². The van der Waals surface area contributed by atoms with Gasteiger partial charge in [-0.05, 0) is 57.5 Å². The van der Waals surface area contributed by atoms with Gasteiger partial charge in [0.05, 0.1) is 6.20 Å². The number of hydrogen-bond acceptors (Lipinski definition) is 8. The molecule has 1 fully saturated rings. The van der Waals surface area contributed by atoms with Gasteiger partial charge in [0.25, 0.3) is 0 Å². The van der Waals surface area contributed by atoms with E-state index in [0.717, 1.165) is 16.0 Å². The van der Waals surface area contributed by atoms with Crippen molar-refractivity contribution in [3.8, 4) is 11.3 Å². The summed E-state index contributed by atoms with van der Waals surface area (Å²) in [6.45, 7) is 4.19. The molecule has 4 rings (SSSR count). The van der Waals surface area contributed by atoms with E-state index in [1.807, 2.05) is 66.7 Å². The molecule has 1 aliphatic rings. The first kappa shape index (κ1) is 33.5. The smallest absolute Gasteiger partial charge is 0.405 e. The van der Waals surface area contributed by atoms with Crippen LogP contribution in [0, 0.1) is 5.92 Å². The Balaban J connectivity index is 1.42. The Morgan fingerprint density at radius 1 is 1.18 bits per heavy atom. The van der Waals surface area contributed by atoms with Crippen molar-refractivity contribution in [1.29, 1.82) is 0 Å². The number of benzene rings is 1. The second-order valence-corrected chi connectivity index (χ2v) is 12.3. The molecule has 1 saturated heterocycles. The van der Waals surface area contributed by atoms with E-state index in [4.69, 9.17) is 4.42 Å². The second kappa shape index (κ2) is 15.0. The highest BCUT2D eigenvalue weighted by Gasteiger charge is 2.34. The first-order chi connectivity index (χ1) is 20.9. The molecule has 0 aliphatic carbocycles. The number of thioether (sulfide) groups is 1. The predicted octanol–water partition coefficient (Wildman–Crippen LogP) is 4.40. The summed E-state index contributed by atoms with van der Waals surface area (Å²) in [6, 6.07) is 11.0. The molecule has 44 heavy (non-hydrogen) atoms. The lowest BCUT2D eigenvalue weighted by atomic mass is 9.92. The number of aromatic nitrogens is 2. The zero-order valence-corrected chi connectivity index (χ0v) is 25.9. The molecule has 0 spiro atoms. The first-order valence-corrected chi connectivity index (χ1v) is 15.8. The lowest BCUT2D eigenvalue weighted by Crippen LogP contribution is -2.58. The summed E-state index contributed by atoms with van der Waals surface area (Å²) in [4.78, 5) is 37.9. The molecule has 2 aromatic heterocycles. The van der Waals surface area contributed by atoms with E-state index in [1.54, 1.807) is 30.4 Å². The molecule has 2 amide bonds. The van der Waals surface area contributed by atoms with Crippen molar-refractivity contribution < 1.29 is 27.2 Å². The maximum atomic E-state index is 13.7. The van der Waals surface area contributed by atoms with Crippen molar-refractivity contribution in [2.45, 2.75) is 55.8 Å². The number of rotatable bonds is 13. The van der Waals surface area contributed by atoms with Gasteiger partial charge in [-0.1, -0.05) is 30.3 Å². The third kappa shape index (κ3) is 9.54. The van der Waals surface area contributed by atoms with Crippen LogP contribution >= 0.6 is 11.8 Å². The van der Waals surface area contributed by atoms with E-state index in [9.17, 15) is 22.8 Å². The van der Waals surface area contributed by atoms with Crippen molar-refractivity contribution in [2.24, 2.45) is 5.92 Å². The number of carbonyl (C=O) groups is 2. The summed E-state index contributed by atoms with van der Waals surface area (Å²) in [7, 11) is 0. The highest BCUT2D eigenvalue weighted by atomic mass is 32.2. The number of halogens is 3. The molecule has 3 N–H and O–H groups in total. The van der Waals surface area contributed by atoms with E-state index in [0.29, 0.717) is 50.5 Å². The van der Waals surface area contributed by atoms with Gasteiger partial charge in [-0.2, -0.15) is 13.2 Å². The Bertz CT molecular complexity index is 1390. The molecule has 0 bridgehead atoms. The van der Waals surface area contributed by atoms with E-state index in [2.05, 4.69) is 20.6 Å². The largest absolute Gasteiger partial charge is 0.438 e. The van der Waals surface area contributed by atoms with Gasteiger partial charge in [0.15, 0.2) is 5.76 Å². The first-order valence-electron chi connectivity index (χ1n) is 14.6. The van der Waals surface area contributed by atoms with Gasteiger partial charge < -0.3 is 20.4 Å². The standard InChI is InChI=1S/C31H39F3N6O3S/c1-30(2,29-37-19-26(43-29)23-15-24(44-3)17-36-16-23)39-27(41)22(14-21-8-5-4-6-9-21)10-7-12-40-13-11-35-18-25(40)28(42)38-20-31(32,33)34/h4-6,8-9,15-17,19,22,25,35H,7,10-14,18,20H2,1-3H3,(H,38,42)(H,39,41). The van der Waals surface area contributed by atoms with Gasteiger partial charge in [0.2, 0.25) is 17.7 Å². The Morgan fingerprint density at radius 3 is 2.68 bits per heavy atom. The zero-order chi connectivity index (χ0) is 31.7. The topological polar surface area (TPSA) is 112 Å². The van der Waals surface area contributed by atoms with Gasteiger partial charge >= 0.3 is 6.18 Å². The normalized spacial score (nSPS) is 16.8. The number of hydrogen-bond donors (Lipinski definition) is 3. The fraction of sp³-hybridized carbons (Fsp3) is 0.484. The fourth-order valence-electron chi connectivity index (χ4n) is 5.17. The van der Waals surface area contributed by atoms with Gasteiger partial charge in [0.1, 0.15) is 18.1 Å². The Hall–Kier alpha value is -3.42. The molecule has 2 atom stereocenters. The highest BCUT2D eigenvalue weighted by molar-refractivity contribution is 7.98. The second-order valence-electron chi connectivity index (χ2n) is 11.4. The van der Waals surface area contributed by atoms with Gasteiger partial charge in [-0.3, -0.25) is 19.5 Å². The number of pyridine rings is 1. The van der Waals surface area contributed by atoms with Crippen LogP contribution in [-0.2, 0) is 21.5 Å². The molecule has 1 aromatic carbocycles. The van der Waals surface area contributed by atoms with Crippen LogP contribution in [0.25, 0.3) is 11.3 Å². The molecule has 2 unspecified atom stereocenters. The molecule has 238 valence electrons. The lowest BCUT2D eigenvalue weighted by molar-refractivity contribution is -0.142. The average molecular weight is 633 g/mol. The van der Waals surface area contributed by atoms with Crippen molar-refractivity contribution in [3.63, 3.8) is 0 Å². The SMILES string of the molecule is CSc1cncc(-c2cnc(C(C)(C)NC(=O)C(CCCN3CCNCC3C(=O)NCC(F)(F)F)Cc3ccccc3)o2)c1. The van der Waals surface area contributed by atoms with Crippen LogP contribution in [0.2, 0.25) is 0 Å². The average Bonchev–Trinajstić information content (AvgIpc) is 3.51. The van der Waals surface area contributed by atoms with Gasteiger partial charge in [-0.15, -0.1) is 11.8 Å². The maximum Gasteiger partial charge on any atom is 0.405 e. The quantitative estimate of drug-likeness (QED) is 0.238. The van der Waals surface area contributed by atoms with Crippen LogP contribution in [0.4, 0.5) is 13.2 Å². The van der Waals surface area contributed by atoms with Crippen LogP contribution in [0.15, 0.2) is 64.3 Å². The summed E-state index contributed by atoms with van der Waals surface area (Å²) < 4.78 is 44.1. The van der Waals surface area contributed by atoms with Crippen LogP contribution < -0.4 is 16.0 Å². The minimum absolute atomic E-state index is 0.163. The van der Waals surface area contributed by atoms with E-state index in [-0.39, 0.29) is 12.5 Å². The monoisotopic (exact) mass is 632 g/mol. The summed E-state index contributed by atoms with van der Waals surface area (Å²) in [5.74, 6) is -0.298. The Morgan fingerprint density at radius 2 is 1.95 bits per heavy atom. The maximum absolute atomic E-state index is 13.7. The summed E-state index contributed by atoms with van der Waals surface area (Å²) >= 11 is 1.57. The number of amides is 2. The molecule has 0 radical (unpaired) electrons. The van der Waals surface area contributed by atoms with Crippen LogP contribution in [-0.4, -0.2) is 77.9 Å². The molecule has 13 heteroatoms. The molecular weight excluding hydrogens is 593 g/mol. The van der Waals surface area contributed by atoms with Gasteiger partial charge in [0, 0.05) is 48.4 Å². The molecule has 1 aliphatic heterocycles. The Labute approximate surface area is 259 Å². The predicted molar refractivity (Wildman–Crippen MR) is 163 cm³/mol. The van der Waals surface area contributed by atoms with E-state index < -0.39 is 36.1 Å². The molecule has 3 heterocycles. The minimum Gasteiger partial charge on any atom is -0.438 e. The number of alkyl halides is 3. The van der Waals surface area contributed by atoms with Crippen molar-refractivity contribution >= 4 is 23.6 Å². The summed E-state index contributed by atoms with van der Waals surface area (Å²) in [5.41, 5.74) is 0.893. The third-order valence-electron chi connectivity index (χ3n) is 7.52. The lowest BCUT2D eigenvalue weighted by Gasteiger charge is -2.35. The fourth-order valence-corrected chi connectivity index (χ4v) is 5.58. The van der Waals surface area contributed by atoms with Crippen LogP contribution in [0.3, 0.4) is 0 Å². The molecule has 3 aromatic rings. The van der Waals surface area contributed by atoms with Crippen LogP contribution in [0.1, 0.15) is 38.1 Å². The highest BCUT2D eigenvalue weighted by Crippen LogP contribution is 2.28. The number of carbonyl (C=O) groups excluding carboxylic acids is 2. The van der Waals surface area contributed by atoms with E-state index in [1.165, 1.54) is 0 Å². The Kier molecular flexibility index (Phi) is 11.4. The third-order valence-corrected chi connectivity index (χ3v) is 8.22. The number of nitrogens with one attached hydrogen (secondary N) is 3. The van der Waals surface area contributed by atoms with Crippen molar-refractivity contribution in [2.75, 3.05) is 39.0 Å². The number of oxazole rings is 1. The molecule has 0 saturated carbocycles. The molecular formula is C31H39F3N6O3S. The zero-order valence-electron chi connectivity index (χ0n) is 25.1. The number of nitrogens with zero attached hydrogens (tertiary/aromatic N) is 3. The van der Waals surface area contributed by atoms with Gasteiger partial charge in [-0.25, -0.2) is 4.98 Å². The molecule has 9 nitrogen and oxygen atoms in total. The number of piperazine rings is 1. The summed E-state index contributed by atoms with van der Waals surface area (Å²) in [6.07, 6.45) is 4.19. The summed E-state index contributed by atoms with van der Waals surface area (Å²) in [5, 5.41) is 8.20. The van der Waals surface area contributed by atoms with Crippen LogP contribution in [0.5, 0.6) is 0 Å². The van der Waals surface area contributed by atoms with Crippen molar-refractivity contribution in [1.82, 2.24) is 30.8 Å². The minimum atomic E-state index is -4.47. The van der Waals surface area contributed by atoms with E-state index >= 15 is 0 Å².